The Labute approximate surface area is 123 Å². The third kappa shape index (κ3) is 3.08. The Hall–Kier alpha value is -2.07. The summed E-state index contributed by atoms with van der Waals surface area (Å²) in [6.07, 6.45) is 0. The number of halogens is 1. The first-order chi connectivity index (χ1) is 9.65. The second-order valence-corrected chi connectivity index (χ2v) is 4.65. The van der Waals surface area contributed by atoms with Gasteiger partial charge in [0.2, 0.25) is 0 Å². The molecule has 3 N–H and O–H groups in total. The Kier molecular flexibility index (Phi) is 4.58. The predicted octanol–water partition coefficient (Wildman–Crippen LogP) is 3.55. The number of nitrogens with one attached hydrogen (secondary N) is 1. The molecule has 0 saturated heterocycles. The van der Waals surface area contributed by atoms with E-state index in [1.807, 2.05) is 30.3 Å². The van der Waals surface area contributed by atoms with Crippen LogP contribution >= 0.6 is 11.6 Å². The van der Waals surface area contributed by atoms with Crippen molar-refractivity contribution in [2.45, 2.75) is 6.54 Å². The molecule has 2 aromatic rings. The van der Waals surface area contributed by atoms with Gasteiger partial charge in [-0.2, -0.15) is 0 Å². The largest absolute Gasteiger partial charge is 0.493 e. The quantitative estimate of drug-likeness (QED) is 0.828. The van der Waals surface area contributed by atoms with Crippen LogP contribution in [0.3, 0.4) is 0 Å². The molecule has 0 saturated carbocycles. The Bertz CT molecular complexity index is 602. The SMILES string of the molecule is COc1cc(N)c(NCc2ccccc2Cl)cc1OC. The fourth-order valence-electron chi connectivity index (χ4n) is 1.88. The van der Waals surface area contributed by atoms with Gasteiger partial charge in [0.25, 0.3) is 0 Å². The number of ether oxygens (including phenoxy) is 2. The van der Waals surface area contributed by atoms with Crippen molar-refractivity contribution < 1.29 is 9.47 Å². The summed E-state index contributed by atoms with van der Waals surface area (Å²) in [4.78, 5) is 0. The minimum absolute atomic E-state index is 0.583. The van der Waals surface area contributed by atoms with E-state index in [4.69, 9.17) is 26.8 Å². The lowest BCUT2D eigenvalue weighted by atomic mass is 10.2. The second-order valence-electron chi connectivity index (χ2n) is 4.24. The number of methoxy groups -OCH3 is 2. The smallest absolute Gasteiger partial charge is 0.162 e. The summed E-state index contributed by atoms with van der Waals surface area (Å²) in [6, 6.07) is 11.2. The molecule has 20 heavy (non-hydrogen) atoms. The van der Waals surface area contributed by atoms with E-state index in [2.05, 4.69) is 5.32 Å². The summed E-state index contributed by atoms with van der Waals surface area (Å²) < 4.78 is 10.5. The van der Waals surface area contributed by atoms with Gasteiger partial charge in [0.05, 0.1) is 25.6 Å². The van der Waals surface area contributed by atoms with Gasteiger partial charge in [-0.05, 0) is 11.6 Å². The molecule has 0 aliphatic rings. The fourth-order valence-corrected chi connectivity index (χ4v) is 2.08. The number of nitrogen functional groups attached to an aromatic ring is 1. The summed E-state index contributed by atoms with van der Waals surface area (Å²) in [7, 11) is 3.17. The number of nitrogens with two attached hydrogens (primary N) is 1. The van der Waals surface area contributed by atoms with Crippen LogP contribution in [0.5, 0.6) is 11.5 Å². The number of benzene rings is 2. The minimum Gasteiger partial charge on any atom is -0.493 e. The molecule has 5 heteroatoms. The normalized spacial score (nSPS) is 10.2. The van der Waals surface area contributed by atoms with Gasteiger partial charge < -0.3 is 20.5 Å². The first-order valence-electron chi connectivity index (χ1n) is 6.14. The average molecular weight is 293 g/mol. The molecule has 0 radical (unpaired) electrons. The first kappa shape index (κ1) is 14.3. The van der Waals surface area contributed by atoms with E-state index >= 15 is 0 Å². The molecular formula is C15H17ClN2O2. The highest BCUT2D eigenvalue weighted by Gasteiger charge is 2.09. The Morgan fingerprint density at radius 1 is 1.10 bits per heavy atom. The summed E-state index contributed by atoms with van der Waals surface area (Å²) in [6.45, 7) is 0.583. The standard InChI is InChI=1S/C15H17ClN2O2/c1-19-14-7-12(17)13(8-15(14)20-2)18-9-10-5-3-4-6-11(10)16/h3-8,18H,9,17H2,1-2H3. The van der Waals surface area contributed by atoms with Crippen molar-refractivity contribution in [1.29, 1.82) is 0 Å². The van der Waals surface area contributed by atoms with Crippen molar-refractivity contribution in [3.8, 4) is 11.5 Å². The maximum atomic E-state index is 6.12. The van der Waals surface area contributed by atoms with Crippen LogP contribution in [0, 0.1) is 0 Å². The zero-order valence-corrected chi connectivity index (χ0v) is 12.2. The van der Waals surface area contributed by atoms with Gasteiger partial charge in [0.15, 0.2) is 11.5 Å². The highest BCUT2D eigenvalue weighted by Crippen LogP contribution is 2.35. The molecule has 106 valence electrons. The lowest BCUT2D eigenvalue weighted by Gasteiger charge is -2.14. The Morgan fingerprint density at radius 3 is 2.40 bits per heavy atom. The fraction of sp³-hybridized carbons (Fsp3) is 0.200. The minimum atomic E-state index is 0.583. The summed E-state index contributed by atoms with van der Waals surface area (Å²) in [5.41, 5.74) is 8.37. The van der Waals surface area contributed by atoms with Crippen molar-refractivity contribution in [2.75, 3.05) is 25.3 Å². The molecule has 0 fully saturated rings. The van der Waals surface area contributed by atoms with Crippen LogP contribution in [0.15, 0.2) is 36.4 Å². The van der Waals surface area contributed by atoms with Crippen molar-refractivity contribution in [2.24, 2.45) is 0 Å². The van der Waals surface area contributed by atoms with Crippen molar-refractivity contribution >= 4 is 23.0 Å². The molecule has 0 aliphatic heterocycles. The maximum Gasteiger partial charge on any atom is 0.162 e. The molecule has 4 nitrogen and oxygen atoms in total. The molecule has 2 rings (SSSR count). The van der Waals surface area contributed by atoms with Crippen LogP contribution in [0.25, 0.3) is 0 Å². The van der Waals surface area contributed by atoms with E-state index in [0.717, 1.165) is 16.3 Å². The molecule has 0 bridgehead atoms. The maximum absolute atomic E-state index is 6.12. The van der Waals surface area contributed by atoms with Crippen LogP contribution in [-0.2, 0) is 6.54 Å². The molecule has 0 heterocycles. The number of hydrogen-bond acceptors (Lipinski definition) is 4. The summed E-state index contributed by atoms with van der Waals surface area (Å²) in [5.74, 6) is 1.23. The Morgan fingerprint density at radius 2 is 1.75 bits per heavy atom. The summed E-state index contributed by atoms with van der Waals surface area (Å²) >= 11 is 6.12. The van der Waals surface area contributed by atoms with Crippen LogP contribution in [0.4, 0.5) is 11.4 Å². The van der Waals surface area contributed by atoms with E-state index in [9.17, 15) is 0 Å². The van der Waals surface area contributed by atoms with Gasteiger partial charge in [-0.25, -0.2) is 0 Å². The average Bonchev–Trinajstić information content (AvgIpc) is 2.47. The van der Waals surface area contributed by atoms with Crippen molar-refractivity contribution in [1.82, 2.24) is 0 Å². The van der Waals surface area contributed by atoms with Gasteiger partial charge in [-0.3, -0.25) is 0 Å². The third-order valence-electron chi connectivity index (χ3n) is 2.98. The van der Waals surface area contributed by atoms with Gasteiger partial charge in [0.1, 0.15) is 0 Å². The van der Waals surface area contributed by atoms with E-state index in [1.54, 1.807) is 20.3 Å². The van der Waals surface area contributed by atoms with Crippen LogP contribution in [0.2, 0.25) is 5.02 Å². The van der Waals surface area contributed by atoms with E-state index < -0.39 is 0 Å². The predicted molar refractivity (Wildman–Crippen MR) is 82.7 cm³/mol. The van der Waals surface area contributed by atoms with Gasteiger partial charge in [-0.15, -0.1) is 0 Å². The first-order valence-corrected chi connectivity index (χ1v) is 6.52. The lowest BCUT2D eigenvalue weighted by molar-refractivity contribution is 0.355. The zero-order chi connectivity index (χ0) is 14.5. The van der Waals surface area contributed by atoms with E-state index in [1.165, 1.54) is 0 Å². The van der Waals surface area contributed by atoms with Gasteiger partial charge in [0, 0.05) is 23.7 Å². The summed E-state index contributed by atoms with van der Waals surface area (Å²) in [5, 5.41) is 3.97. The van der Waals surface area contributed by atoms with Crippen LogP contribution in [-0.4, -0.2) is 14.2 Å². The van der Waals surface area contributed by atoms with Gasteiger partial charge in [-0.1, -0.05) is 29.8 Å². The van der Waals surface area contributed by atoms with E-state index in [-0.39, 0.29) is 0 Å². The molecule has 0 atom stereocenters. The molecule has 0 aromatic heterocycles. The van der Waals surface area contributed by atoms with E-state index in [0.29, 0.717) is 23.7 Å². The topological polar surface area (TPSA) is 56.5 Å². The van der Waals surface area contributed by atoms with Crippen LogP contribution < -0.4 is 20.5 Å². The molecule has 0 aliphatic carbocycles. The molecule has 0 amide bonds. The Balaban J connectivity index is 2.19. The highest BCUT2D eigenvalue weighted by atomic mass is 35.5. The molecule has 2 aromatic carbocycles. The number of hydrogen-bond donors (Lipinski definition) is 2. The third-order valence-corrected chi connectivity index (χ3v) is 3.35. The van der Waals surface area contributed by atoms with Crippen molar-refractivity contribution in [3.63, 3.8) is 0 Å². The molecular weight excluding hydrogens is 276 g/mol. The number of rotatable bonds is 5. The lowest BCUT2D eigenvalue weighted by Crippen LogP contribution is -2.04. The van der Waals surface area contributed by atoms with Crippen LogP contribution in [0.1, 0.15) is 5.56 Å². The molecule has 0 unspecified atom stereocenters. The highest BCUT2D eigenvalue weighted by molar-refractivity contribution is 6.31. The van der Waals surface area contributed by atoms with Crippen molar-refractivity contribution in [3.05, 3.63) is 47.0 Å². The zero-order valence-electron chi connectivity index (χ0n) is 11.4. The number of anilines is 2. The monoisotopic (exact) mass is 292 g/mol. The second kappa shape index (κ2) is 6.39. The molecule has 0 spiro atoms. The van der Waals surface area contributed by atoms with Gasteiger partial charge >= 0.3 is 0 Å².